The summed E-state index contributed by atoms with van der Waals surface area (Å²) in [6.07, 6.45) is 0.928. The van der Waals surface area contributed by atoms with Crippen molar-refractivity contribution >= 4 is 44.9 Å². The number of fused-ring (bicyclic) bond motifs is 1. The molecule has 1 amide bonds. The molecule has 4 nitrogen and oxygen atoms in total. The molecule has 6 heteroatoms. The third-order valence-electron chi connectivity index (χ3n) is 4.21. The summed E-state index contributed by atoms with van der Waals surface area (Å²) in [6.45, 7) is 0. The smallest absolute Gasteiger partial charge is 0.351 e. The maximum absolute atomic E-state index is 12.7. The standard InChI is InChI=1S/C20H16ClNO3S/c21-16-14-8-4-5-9-15(14)26-18(16)20(24)25-17(12-6-2-1-3-7-12)19(23)22-13-10-11-13/h1-9,13,17H,10-11H2,(H,22,23)/t17-/m1/s1. The van der Waals surface area contributed by atoms with Crippen molar-refractivity contribution in [1.82, 2.24) is 5.32 Å². The van der Waals surface area contributed by atoms with Crippen LogP contribution in [0.4, 0.5) is 0 Å². The van der Waals surface area contributed by atoms with E-state index in [1.165, 1.54) is 11.3 Å². The van der Waals surface area contributed by atoms with E-state index < -0.39 is 12.1 Å². The molecule has 132 valence electrons. The zero-order valence-electron chi connectivity index (χ0n) is 13.8. The Morgan fingerprint density at radius 2 is 1.77 bits per heavy atom. The van der Waals surface area contributed by atoms with Gasteiger partial charge in [0.1, 0.15) is 4.88 Å². The summed E-state index contributed by atoms with van der Waals surface area (Å²) in [5.74, 6) is -0.889. The van der Waals surface area contributed by atoms with Crippen molar-refractivity contribution in [2.75, 3.05) is 0 Å². The second kappa shape index (κ2) is 7.09. The van der Waals surface area contributed by atoms with E-state index in [9.17, 15) is 9.59 Å². The first-order valence-corrected chi connectivity index (χ1v) is 9.56. The number of ether oxygens (including phenoxy) is 1. The first kappa shape index (κ1) is 17.1. The van der Waals surface area contributed by atoms with Crippen molar-refractivity contribution in [1.29, 1.82) is 0 Å². The van der Waals surface area contributed by atoms with Crippen LogP contribution in [0, 0.1) is 0 Å². The topological polar surface area (TPSA) is 55.4 Å². The number of halogens is 1. The van der Waals surface area contributed by atoms with E-state index in [0.29, 0.717) is 15.5 Å². The summed E-state index contributed by atoms with van der Waals surface area (Å²) in [5, 5.41) is 4.08. The number of benzene rings is 2. The fraction of sp³-hybridized carbons (Fsp3) is 0.200. The largest absolute Gasteiger partial charge is 0.443 e. The lowest BCUT2D eigenvalue weighted by molar-refractivity contribution is -0.130. The van der Waals surface area contributed by atoms with Crippen molar-refractivity contribution in [3.63, 3.8) is 0 Å². The van der Waals surface area contributed by atoms with Crippen molar-refractivity contribution in [3.05, 3.63) is 70.1 Å². The van der Waals surface area contributed by atoms with Crippen molar-refractivity contribution in [2.45, 2.75) is 25.0 Å². The summed E-state index contributed by atoms with van der Waals surface area (Å²) in [7, 11) is 0. The highest BCUT2D eigenvalue weighted by molar-refractivity contribution is 7.21. The summed E-state index contributed by atoms with van der Waals surface area (Å²) in [6, 6.07) is 16.7. The highest BCUT2D eigenvalue weighted by Crippen LogP contribution is 2.36. The van der Waals surface area contributed by atoms with Gasteiger partial charge in [0.15, 0.2) is 0 Å². The van der Waals surface area contributed by atoms with E-state index in [0.717, 1.165) is 22.9 Å². The second-order valence-corrected chi connectivity index (χ2v) is 7.65. The number of amides is 1. The lowest BCUT2D eigenvalue weighted by Crippen LogP contribution is -2.33. The Bertz CT molecular complexity index is 966. The number of thiophene rings is 1. The van der Waals surface area contributed by atoms with Gasteiger partial charge >= 0.3 is 5.97 Å². The fourth-order valence-electron chi connectivity index (χ4n) is 2.71. The molecule has 1 aliphatic rings. The van der Waals surface area contributed by atoms with Crippen LogP contribution < -0.4 is 5.32 Å². The van der Waals surface area contributed by atoms with E-state index in [1.807, 2.05) is 42.5 Å². The highest BCUT2D eigenvalue weighted by Gasteiger charge is 2.32. The van der Waals surface area contributed by atoms with Crippen LogP contribution in [0.15, 0.2) is 54.6 Å². The van der Waals surface area contributed by atoms with Crippen molar-refractivity contribution in [2.24, 2.45) is 0 Å². The molecule has 0 bridgehead atoms. The molecule has 1 aliphatic carbocycles. The van der Waals surface area contributed by atoms with Gasteiger partial charge in [-0.25, -0.2) is 4.79 Å². The zero-order valence-corrected chi connectivity index (χ0v) is 15.3. The number of rotatable bonds is 5. The Morgan fingerprint density at radius 1 is 1.08 bits per heavy atom. The first-order chi connectivity index (χ1) is 12.6. The minimum atomic E-state index is -0.995. The quantitative estimate of drug-likeness (QED) is 0.646. The monoisotopic (exact) mass is 385 g/mol. The molecule has 1 saturated carbocycles. The third-order valence-corrected chi connectivity index (χ3v) is 5.86. The van der Waals surface area contributed by atoms with Gasteiger partial charge in [0, 0.05) is 21.7 Å². The fourth-order valence-corrected chi connectivity index (χ4v) is 4.10. The lowest BCUT2D eigenvalue weighted by Gasteiger charge is -2.17. The van der Waals surface area contributed by atoms with Crippen molar-refractivity contribution < 1.29 is 14.3 Å². The second-order valence-electron chi connectivity index (χ2n) is 6.22. The normalized spacial score (nSPS) is 14.8. The average molecular weight is 386 g/mol. The van der Waals surface area contributed by atoms with Gasteiger partial charge in [0.25, 0.3) is 5.91 Å². The van der Waals surface area contributed by atoms with Gasteiger partial charge in [-0.05, 0) is 18.9 Å². The number of carbonyl (C=O) groups is 2. The maximum Gasteiger partial charge on any atom is 0.351 e. The Hall–Kier alpha value is -2.37. The zero-order chi connectivity index (χ0) is 18.1. The van der Waals surface area contributed by atoms with E-state index in [1.54, 1.807) is 12.1 Å². The molecule has 2 aromatic carbocycles. The molecular weight excluding hydrogens is 370 g/mol. The number of nitrogens with one attached hydrogen (secondary N) is 1. The molecule has 0 aliphatic heterocycles. The van der Waals surface area contributed by atoms with Gasteiger partial charge in [-0.2, -0.15) is 0 Å². The average Bonchev–Trinajstić information content (AvgIpc) is 3.42. The Morgan fingerprint density at radius 3 is 2.46 bits per heavy atom. The van der Waals surface area contributed by atoms with Crippen molar-refractivity contribution in [3.8, 4) is 0 Å². The van der Waals surface area contributed by atoms with Crippen LogP contribution in [0.5, 0.6) is 0 Å². The Labute approximate surface area is 159 Å². The van der Waals surface area contributed by atoms with E-state index >= 15 is 0 Å². The minimum absolute atomic E-state index is 0.181. The molecule has 0 unspecified atom stereocenters. The van der Waals surface area contributed by atoms with Crippen LogP contribution in [-0.4, -0.2) is 17.9 Å². The molecule has 1 N–H and O–H groups in total. The van der Waals surface area contributed by atoms with E-state index in [-0.39, 0.29) is 11.9 Å². The van der Waals surface area contributed by atoms with Gasteiger partial charge < -0.3 is 10.1 Å². The van der Waals surface area contributed by atoms with E-state index in [2.05, 4.69) is 5.32 Å². The summed E-state index contributed by atoms with van der Waals surface area (Å²) in [4.78, 5) is 25.7. The molecule has 1 heterocycles. The van der Waals surface area contributed by atoms with Crippen LogP contribution in [0.3, 0.4) is 0 Å². The number of hydrogen-bond donors (Lipinski definition) is 1. The summed E-state index contributed by atoms with van der Waals surface area (Å²) in [5.41, 5.74) is 0.635. The molecule has 3 aromatic rings. The summed E-state index contributed by atoms with van der Waals surface area (Å²) < 4.78 is 6.50. The van der Waals surface area contributed by atoms with Crippen LogP contribution >= 0.6 is 22.9 Å². The lowest BCUT2D eigenvalue weighted by atomic mass is 10.1. The Balaban J connectivity index is 1.62. The van der Waals surface area contributed by atoms with Gasteiger partial charge in [0.05, 0.1) is 5.02 Å². The Kier molecular flexibility index (Phi) is 4.66. The number of hydrogen-bond acceptors (Lipinski definition) is 4. The van der Waals surface area contributed by atoms with Crippen LogP contribution in [0.1, 0.15) is 34.2 Å². The van der Waals surface area contributed by atoms with Gasteiger partial charge in [0.2, 0.25) is 6.10 Å². The van der Waals surface area contributed by atoms with E-state index in [4.69, 9.17) is 16.3 Å². The highest BCUT2D eigenvalue weighted by atomic mass is 35.5. The predicted molar refractivity (Wildman–Crippen MR) is 103 cm³/mol. The molecule has 1 aromatic heterocycles. The van der Waals surface area contributed by atoms with Gasteiger partial charge in [-0.15, -0.1) is 11.3 Å². The molecule has 26 heavy (non-hydrogen) atoms. The number of carbonyl (C=O) groups excluding carboxylic acids is 2. The maximum atomic E-state index is 12.7. The molecule has 0 spiro atoms. The molecule has 4 rings (SSSR count). The number of esters is 1. The minimum Gasteiger partial charge on any atom is -0.443 e. The van der Waals surface area contributed by atoms with Crippen LogP contribution in [-0.2, 0) is 9.53 Å². The summed E-state index contributed by atoms with van der Waals surface area (Å²) >= 11 is 7.63. The first-order valence-electron chi connectivity index (χ1n) is 8.37. The molecule has 1 atom stereocenters. The van der Waals surface area contributed by atoms with Gasteiger partial charge in [-0.1, -0.05) is 60.1 Å². The van der Waals surface area contributed by atoms with Crippen LogP contribution in [0.2, 0.25) is 5.02 Å². The predicted octanol–water partition coefficient (Wildman–Crippen LogP) is 4.73. The molecule has 1 fully saturated rings. The molecular formula is C20H16ClNO3S. The SMILES string of the molecule is O=C(O[C@@H](C(=O)NC1CC1)c1ccccc1)c1sc2ccccc2c1Cl. The third kappa shape index (κ3) is 3.45. The molecule has 0 saturated heterocycles. The van der Waals surface area contributed by atoms with Crippen LogP contribution in [0.25, 0.3) is 10.1 Å². The molecule has 0 radical (unpaired) electrons. The van der Waals surface area contributed by atoms with Gasteiger partial charge in [-0.3, -0.25) is 4.79 Å².